The lowest BCUT2D eigenvalue weighted by atomic mass is 9.94. The summed E-state index contributed by atoms with van der Waals surface area (Å²) in [7, 11) is 1.55. The second-order valence-electron chi connectivity index (χ2n) is 8.17. The molecule has 35 heavy (non-hydrogen) atoms. The van der Waals surface area contributed by atoms with Crippen LogP contribution in [0.15, 0.2) is 87.0 Å². The Morgan fingerprint density at radius 2 is 1.83 bits per heavy atom. The second kappa shape index (κ2) is 8.91. The van der Waals surface area contributed by atoms with Gasteiger partial charge in [0.25, 0.3) is 5.91 Å². The number of benzene rings is 3. The van der Waals surface area contributed by atoms with E-state index in [0.29, 0.717) is 27.6 Å². The topological polar surface area (TPSA) is 80.0 Å². The number of aryl methyl sites for hydroxylation is 1. The monoisotopic (exact) mass is 551 g/mol. The maximum atomic E-state index is 13.7. The number of amides is 1. The van der Waals surface area contributed by atoms with Crippen LogP contribution < -0.4 is 9.64 Å². The van der Waals surface area contributed by atoms with Crippen molar-refractivity contribution in [2.24, 2.45) is 0 Å². The Morgan fingerprint density at radius 1 is 1.09 bits per heavy atom. The molecule has 1 aliphatic rings. The van der Waals surface area contributed by atoms with E-state index in [9.17, 15) is 14.7 Å². The molecule has 6 nitrogen and oxygen atoms in total. The molecule has 2 heterocycles. The standard InChI is InChI=1S/C27H19BrClNO5/c1-14-3-7-18(13-20(14)29)30-24(15-4-8-19(34-2)9-5-15)23(26(32)27(30)33)25(31)22-12-16-11-17(28)6-10-21(16)35-22/h3-13,24,32H,1-2H3. The SMILES string of the molecule is COc1ccc(C2C(C(=O)c3cc4cc(Br)ccc4o3)=C(O)C(=O)N2c2ccc(C)c(Cl)c2)cc1. The van der Waals surface area contributed by atoms with Crippen LogP contribution in [0.1, 0.15) is 27.7 Å². The van der Waals surface area contributed by atoms with Crippen molar-refractivity contribution in [3.05, 3.63) is 104 Å². The van der Waals surface area contributed by atoms with Gasteiger partial charge in [-0.3, -0.25) is 14.5 Å². The molecular formula is C27H19BrClNO5. The number of ketones is 1. The van der Waals surface area contributed by atoms with Gasteiger partial charge >= 0.3 is 0 Å². The molecule has 176 valence electrons. The van der Waals surface area contributed by atoms with Crippen LogP contribution in [-0.2, 0) is 4.79 Å². The number of ether oxygens (including phenoxy) is 1. The maximum Gasteiger partial charge on any atom is 0.294 e. The van der Waals surface area contributed by atoms with E-state index in [2.05, 4.69) is 15.9 Å². The van der Waals surface area contributed by atoms with E-state index in [1.54, 1.807) is 67.8 Å². The number of aliphatic hydroxyl groups excluding tert-OH is 1. The Kier molecular flexibility index (Phi) is 5.91. The molecule has 0 spiro atoms. The van der Waals surface area contributed by atoms with Gasteiger partial charge in [-0.25, -0.2) is 0 Å². The fourth-order valence-electron chi connectivity index (χ4n) is 4.20. The van der Waals surface area contributed by atoms with Crippen LogP contribution in [0, 0.1) is 6.92 Å². The van der Waals surface area contributed by atoms with E-state index < -0.39 is 23.5 Å². The number of rotatable bonds is 5. The summed E-state index contributed by atoms with van der Waals surface area (Å²) in [5.74, 6) is -1.27. The first kappa shape index (κ1) is 23.2. The zero-order valence-electron chi connectivity index (χ0n) is 18.7. The summed E-state index contributed by atoms with van der Waals surface area (Å²) >= 11 is 9.76. The number of halogens is 2. The lowest BCUT2D eigenvalue weighted by molar-refractivity contribution is -0.117. The summed E-state index contributed by atoms with van der Waals surface area (Å²) in [5.41, 5.74) is 2.35. The number of fused-ring (bicyclic) bond motifs is 1. The Balaban J connectivity index is 1.66. The minimum absolute atomic E-state index is 0.0229. The Hall–Kier alpha value is -3.55. The molecule has 0 radical (unpaired) electrons. The van der Waals surface area contributed by atoms with Crippen molar-refractivity contribution in [2.75, 3.05) is 12.0 Å². The highest BCUT2D eigenvalue weighted by atomic mass is 79.9. The first-order chi connectivity index (χ1) is 16.8. The number of carbonyl (C=O) groups is 2. The van der Waals surface area contributed by atoms with Gasteiger partial charge in [0.15, 0.2) is 11.5 Å². The van der Waals surface area contributed by atoms with Crippen LogP contribution in [0.25, 0.3) is 11.0 Å². The average Bonchev–Trinajstić information content (AvgIpc) is 3.39. The first-order valence-electron chi connectivity index (χ1n) is 10.7. The predicted molar refractivity (Wildman–Crippen MR) is 137 cm³/mol. The van der Waals surface area contributed by atoms with Gasteiger partial charge in [-0.1, -0.05) is 45.7 Å². The van der Waals surface area contributed by atoms with Gasteiger partial charge < -0.3 is 14.3 Å². The van der Waals surface area contributed by atoms with Crippen molar-refractivity contribution < 1.29 is 23.8 Å². The zero-order chi connectivity index (χ0) is 24.9. The van der Waals surface area contributed by atoms with Crippen molar-refractivity contribution >= 4 is 55.9 Å². The van der Waals surface area contributed by atoms with Crippen LogP contribution >= 0.6 is 27.5 Å². The lowest BCUT2D eigenvalue weighted by Crippen LogP contribution is -2.31. The zero-order valence-corrected chi connectivity index (χ0v) is 21.1. The molecule has 0 fully saturated rings. The van der Waals surface area contributed by atoms with E-state index in [-0.39, 0.29) is 11.3 Å². The number of aliphatic hydroxyl groups is 1. The number of Topliss-reactive ketones (excluding diaryl/α,β-unsaturated/α-hetero) is 1. The highest BCUT2D eigenvalue weighted by Gasteiger charge is 2.45. The van der Waals surface area contributed by atoms with E-state index >= 15 is 0 Å². The molecule has 1 unspecified atom stereocenters. The number of carbonyl (C=O) groups excluding carboxylic acids is 2. The van der Waals surface area contributed by atoms with E-state index in [4.69, 9.17) is 20.8 Å². The smallest absolute Gasteiger partial charge is 0.294 e. The van der Waals surface area contributed by atoms with Crippen LogP contribution in [0.3, 0.4) is 0 Å². The molecule has 1 aliphatic heterocycles. The quantitative estimate of drug-likeness (QED) is 0.271. The molecule has 0 aliphatic carbocycles. The Labute approximate surface area is 214 Å². The number of nitrogens with zero attached hydrogens (tertiary/aromatic N) is 1. The average molecular weight is 553 g/mol. The predicted octanol–water partition coefficient (Wildman–Crippen LogP) is 6.95. The second-order valence-corrected chi connectivity index (χ2v) is 9.49. The lowest BCUT2D eigenvalue weighted by Gasteiger charge is -2.27. The number of anilines is 1. The summed E-state index contributed by atoms with van der Waals surface area (Å²) in [6.45, 7) is 1.85. The molecule has 1 N–H and O–H groups in total. The van der Waals surface area contributed by atoms with E-state index in [1.165, 1.54) is 4.90 Å². The molecule has 3 aromatic carbocycles. The third kappa shape index (κ3) is 4.00. The van der Waals surface area contributed by atoms with Gasteiger partial charge in [-0.05, 0) is 66.6 Å². The summed E-state index contributed by atoms with van der Waals surface area (Å²) in [5, 5.41) is 12.1. The first-order valence-corrected chi connectivity index (χ1v) is 11.9. The van der Waals surface area contributed by atoms with Crippen molar-refractivity contribution in [1.82, 2.24) is 0 Å². The van der Waals surface area contributed by atoms with Gasteiger partial charge in [0, 0.05) is 20.6 Å². The molecule has 0 saturated carbocycles. The Bertz CT molecular complexity index is 1520. The molecule has 1 aromatic heterocycles. The highest BCUT2D eigenvalue weighted by molar-refractivity contribution is 9.10. The molecule has 1 atom stereocenters. The van der Waals surface area contributed by atoms with Crippen molar-refractivity contribution in [1.29, 1.82) is 0 Å². The minimum Gasteiger partial charge on any atom is -0.503 e. The van der Waals surface area contributed by atoms with Crippen LogP contribution in [0.2, 0.25) is 5.02 Å². The summed E-state index contributed by atoms with van der Waals surface area (Å²) in [6.07, 6.45) is 0. The minimum atomic E-state index is -0.903. The number of hydrogen-bond donors (Lipinski definition) is 1. The van der Waals surface area contributed by atoms with Gasteiger partial charge in [0.1, 0.15) is 11.3 Å². The van der Waals surface area contributed by atoms with Gasteiger partial charge in [0.05, 0.1) is 18.7 Å². The Morgan fingerprint density at radius 3 is 2.51 bits per heavy atom. The van der Waals surface area contributed by atoms with Crippen LogP contribution in [0.5, 0.6) is 5.75 Å². The van der Waals surface area contributed by atoms with E-state index in [1.807, 2.05) is 13.0 Å². The molecule has 0 bridgehead atoms. The summed E-state index contributed by atoms with van der Waals surface area (Å²) < 4.78 is 11.9. The van der Waals surface area contributed by atoms with Crippen LogP contribution in [-0.4, -0.2) is 23.9 Å². The maximum absolute atomic E-state index is 13.7. The fraction of sp³-hybridized carbons (Fsp3) is 0.111. The summed E-state index contributed by atoms with van der Waals surface area (Å²) in [4.78, 5) is 28.4. The highest BCUT2D eigenvalue weighted by Crippen LogP contribution is 2.43. The molecule has 1 amide bonds. The van der Waals surface area contributed by atoms with Crippen molar-refractivity contribution in [3.63, 3.8) is 0 Å². The van der Waals surface area contributed by atoms with Gasteiger partial charge in [0.2, 0.25) is 5.78 Å². The number of furan rings is 1. The number of hydrogen-bond acceptors (Lipinski definition) is 5. The van der Waals surface area contributed by atoms with Crippen molar-refractivity contribution in [2.45, 2.75) is 13.0 Å². The third-order valence-electron chi connectivity index (χ3n) is 6.02. The normalized spacial score (nSPS) is 15.8. The third-order valence-corrected chi connectivity index (χ3v) is 6.92. The molecular weight excluding hydrogens is 534 g/mol. The molecule has 0 saturated heterocycles. The van der Waals surface area contributed by atoms with Gasteiger partial charge in [-0.2, -0.15) is 0 Å². The largest absolute Gasteiger partial charge is 0.503 e. The molecule has 5 rings (SSSR count). The molecule has 8 heteroatoms. The molecule has 4 aromatic rings. The van der Waals surface area contributed by atoms with E-state index in [0.717, 1.165) is 15.4 Å². The number of methoxy groups -OCH3 is 1. The van der Waals surface area contributed by atoms with Gasteiger partial charge in [-0.15, -0.1) is 0 Å². The summed E-state index contributed by atoms with van der Waals surface area (Å²) in [6, 6.07) is 18.2. The van der Waals surface area contributed by atoms with Crippen LogP contribution in [0.4, 0.5) is 5.69 Å². The van der Waals surface area contributed by atoms with Crippen molar-refractivity contribution in [3.8, 4) is 5.75 Å². The fourth-order valence-corrected chi connectivity index (χ4v) is 4.75.